The Morgan fingerprint density at radius 2 is 2.00 bits per heavy atom. The highest BCUT2D eigenvalue weighted by atomic mass is 79.9. The molecule has 0 spiro atoms. The van der Waals surface area contributed by atoms with E-state index in [9.17, 15) is 4.79 Å². The van der Waals surface area contributed by atoms with E-state index in [1.54, 1.807) is 7.11 Å². The zero-order chi connectivity index (χ0) is 17.4. The maximum atomic E-state index is 12.0. The molecule has 0 aromatic heterocycles. The Bertz CT molecular complexity index is 662. The van der Waals surface area contributed by atoms with E-state index < -0.39 is 0 Å². The van der Waals surface area contributed by atoms with Crippen LogP contribution in [0.4, 0.5) is 0 Å². The smallest absolute Gasteiger partial charge is 0.275 e. The molecule has 1 atom stereocenters. The fourth-order valence-corrected chi connectivity index (χ4v) is 3.01. The van der Waals surface area contributed by atoms with E-state index in [2.05, 4.69) is 40.3 Å². The monoisotopic (exact) mass is 391 g/mol. The number of benzene rings is 2. The third-order valence-electron chi connectivity index (χ3n) is 3.94. The summed E-state index contributed by atoms with van der Waals surface area (Å²) in [7, 11) is 1.65. The topological polar surface area (TPSA) is 54.9 Å². The minimum absolute atomic E-state index is 0.0605. The summed E-state index contributed by atoms with van der Waals surface area (Å²) in [5.74, 6) is 0.870. The molecule has 5 heteroatoms. The lowest BCUT2D eigenvalue weighted by atomic mass is 10.1. The number of methoxy groups -OCH3 is 1. The Morgan fingerprint density at radius 1 is 1.25 bits per heavy atom. The number of carbonyl (C=O) groups excluding carboxylic acids is 1. The lowest BCUT2D eigenvalue weighted by molar-refractivity contribution is -0.682. The normalized spacial score (nSPS) is 11.8. The molecule has 0 aliphatic heterocycles. The quantitative estimate of drug-likeness (QED) is 0.725. The average Bonchev–Trinajstić information content (AvgIpc) is 2.60. The molecular formula is C19H24BrN2O2+. The SMILES string of the molecule is COc1ccc([C@H](C)[NH2+]CC(=O)NCCc2ccccc2)cc1Br. The van der Waals surface area contributed by atoms with Crippen LogP contribution in [0.5, 0.6) is 5.75 Å². The molecule has 1 amide bonds. The molecule has 24 heavy (non-hydrogen) atoms. The Kier molecular flexibility index (Phi) is 7.28. The van der Waals surface area contributed by atoms with Crippen molar-refractivity contribution in [2.75, 3.05) is 20.2 Å². The molecular weight excluding hydrogens is 368 g/mol. The van der Waals surface area contributed by atoms with Crippen LogP contribution in [0, 0.1) is 0 Å². The van der Waals surface area contributed by atoms with Crippen LogP contribution in [0.1, 0.15) is 24.1 Å². The van der Waals surface area contributed by atoms with Gasteiger partial charge in [0.15, 0.2) is 6.54 Å². The van der Waals surface area contributed by atoms with Crippen LogP contribution < -0.4 is 15.4 Å². The van der Waals surface area contributed by atoms with Gasteiger partial charge in [-0.3, -0.25) is 4.79 Å². The first-order chi connectivity index (χ1) is 11.6. The molecule has 0 fully saturated rings. The largest absolute Gasteiger partial charge is 0.496 e. The molecule has 0 saturated heterocycles. The van der Waals surface area contributed by atoms with Crippen LogP contribution >= 0.6 is 15.9 Å². The van der Waals surface area contributed by atoms with Gasteiger partial charge in [-0.2, -0.15) is 0 Å². The molecule has 2 rings (SSSR count). The molecule has 2 aromatic carbocycles. The second-order valence-electron chi connectivity index (χ2n) is 5.71. The van der Waals surface area contributed by atoms with Gasteiger partial charge < -0.3 is 15.4 Å². The predicted octanol–water partition coefficient (Wildman–Crippen LogP) is 2.44. The van der Waals surface area contributed by atoms with Gasteiger partial charge >= 0.3 is 0 Å². The summed E-state index contributed by atoms with van der Waals surface area (Å²) in [4.78, 5) is 12.0. The molecule has 0 unspecified atom stereocenters. The van der Waals surface area contributed by atoms with Crippen molar-refractivity contribution in [3.05, 3.63) is 64.1 Å². The number of hydrogen-bond donors (Lipinski definition) is 2. The average molecular weight is 392 g/mol. The van der Waals surface area contributed by atoms with Crippen molar-refractivity contribution in [3.63, 3.8) is 0 Å². The minimum atomic E-state index is 0.0605. The summed E-state index contributed by atoms with van der Waals surface area (Å²) in [6, 6.07) is 16.4. The molecule has 0 aliphatic carbocycles. The second-order valence-corrected chi connectivity index (χ2v) is 6.56. The number of amides is 1. The maximum absolute atomic E-state index is 12.0. The first-order valence-electron chi connectivity index (χ1n) is 8.07. The lowest BCUT2D eigenvalue weighted by Crippen LogP contribution is -2.87. The van der Waals surface area contributed by atoms with Gasteiger partial charge in [-0.25, -0.2) is 0 Å². The number of hydrogen-bond acceptors (Lipinski definition) is 2. The molecule has 0 aliphatic rings. The van der Waals surface area contributed by atoms with Crippen molar-refractivity contribution in [1.29, 1.82) is 0 Å². The fourth-order valence-electron chi connectivity index (χ4n) is 2.45. The zero-order valence-electron chi connectivity index (χ0n) is 14.1. The molecule has 2 aromatic rings. The minimum Gasteiger partial charge on any atom is -0.496 e. The summed E-state index contributed by atoms with van der Waals surface area (Å²) in [6.45, 7) is 3.17. The highest BCUT2D eigenvalue weighted by Gasteiger charge is 2.13. The third-order valence-corrected chi connectivity index (χ3v) is 4.56. The van der Waals surface area contributed by atoms with Gasteiger partial charge in [-0.15, -0.1) is 0 Å². The summed E-state index contributed by atoms with van der Waals surface area (Å²) < 4.78 is 6.16. The van der Waals surface area contributed by atoms with Crippen molar-refractivity contribution in [3.8, 4) is 5.75 Å². The molecule has 0 bridgehead atoms. The molecule has 3 N–H and O–H groups in total. The number of rotatable bonds is 8. The summed E-state index contributed by atoms with van der Waals surface area (Å²) in [6.07, 6.45) is 0.855. The van der Waals surface area contributed by atoms with E-state index in [4.69, 9.17) is 4.74 Å². The van der Waals surface area contributed by atoms with Crippen LogP contribution in [-0.4, -0.2) is 26.1 Å². The molecule has 0 saturated carbocycles. The summed E-state index contributed by atoms with van der Waals surface area (Å²) in [5.41, 5.74) is 2.39. The Balaban J connectivity index is 1.73. The zero-order valence-corrected chi connectivity index (χ0v) is 15.7. The first-order valence-corrected chi connectivity index (χ1v) is 8.87. The number of nitrogens with two attached hydrogens (primary N) is 1. The lowest BCUT2D eigenvalue weighted by Gasteiger charge is -2.13. The van der Waals surface area contributed by atoms with Crippen LogP contribution in [0.2, 0.25) is 0 Å². The predicted molar refractivity (Wildman–Crippen MR) is 99.1 cm³/mol. The Morgan fingerprint density at radius 3 is 2.67 bits per heavy atom. The number of halogens is 1. The highest BCUT2D eigenvalue weighted by Crippen LogP contribution is 2.26. The van der Waals surface area contributed by atoms with Gasteiger partial charge in [0.1, 0.15) is 11.8 Å². The second kappa shape index (κ2) is 9.45. The Labute approximate surface area is 151 Å². The van der Waals surface area contributed by atoms with Crippen molar-refractivity contribution >= 4 is 21.8 Å². The van der Waals surface area contributed by atoms with E-state index in [0.29, 0.717) is 13.1 Å². The molecule has 128 valence electrons. The van der Waals surface area contributed by atoms with Gasteiger partial charge in [0.25, 0.3) is 5.91 Å². The van der Waals surface area contributed by atoms with Gasteiger partial charge in [-0.05, 0) is 53.0 Å². The molecule has 0 heterocycles. The van der Waals surface area contributed by atoms with Crippen molar-refractivity contribution in [2.45, 2.75) is 19.4 Å². The molecule has 0 radical (unpaired) electrons. The van der Waals surface area contributed by atoms with Crippen molar-refractivity contribution in [1.82, 2.24) is 5.32 Å². The van der Waals surface area contributed by atoms with Gasteiger partial charge in [0, 0.05) is 12.1 Å². The van der Waals surface area contributed by atoms with Gasteiger partial charge in [0.05, 0.1) is 11.6 Å². The van der Waals surface area contributed by atoms with Crippen molar-refractivity contribution < 1.29 is 14.8 Å². The standard InChI is InChI=1S/C19H23BrN2O2/c1-14(16-8-9-18(24-2)17(20)12-16)22-13-19(23)21-11-10-15-6-4-3-5-7-15/h3-9,12,14,22H,10-11,13H2,1-2H3,(H,21,23)/p+1/t14-/m0/s1. The summed E-state index contributed by atoms with van der Waals surface area (Å²) >= 11 is 3.49. The Hall–Kier alpha value is -1.85. The van der Waals surface area contributed by atoms with Gasteiger partial charge in [0.2, 0.25) is 0 Å². The van der Waals surface area contributed by atoms with E-state index in [1.165, 1.54) is 5.56 Å². The van der Waals surface area contributed by atoms with Gasteiger partial charge in [-0.1, -0.05) is 30.3 Å². The van der Waals surface area contributed by atoms with Crippen LogP contribution in [-0.2, 0) is 11.2 Å². The van der Waals surface area contributed by atoms with E-state index in [-0.39, 0.29) is 11.9 Å². The van der Waals surface area contributed by atoms with Crippen LogP contribution in [0.15, 0.2) is 53.0 Å². The third kappa shape index (κ3) is 5.65. The van der Waals surface area contributed by atoms with Crippen LogP contribution in [0.3, 0.4) is 0 Å². The highest BCUT2D eigenvalue weighted by molar-refractivity contribution is 9.10. The number of quaternary nitrogens is 1. The first kappa shape index (κ1) is 18.5. The van der Waals surface area contributed by atoms with E-state index in [0.717, 1.165) is 22.2 Å². The van der Waals surface area contributed by atoms with Crippen LogP contribution in [0.25, 0.3) is 0 Å². The number of carbonyl (C=O) groups is 1. The molecule has 4 nitrogen and oxygen atoms in total. The number of ether oxygens (including phenoxy) is 1. The van der Waals surface area contributed by atoms with E-state index in [1.807, 2.05) is 41.7 Å². The number of nitrogens with one attached hydrogen (secondary N) is 1. The van der Waals surface area contributed by atoms with Crippen molar-refractivity contribution in [2.24, 2.45) is 0 Å². The summed E-state index contributed by atoms with van der Waals surface area (Å²) in [5, 5.41) is 5.00. The fraction of sp³-hybridized carbons (Fsp3) is 0.316. The van der Waals surface area contributed by atoms with E-state index >= 15 is 0 Å². The maximum Gasteiger partial charge on any atom is 0.275 e.